The molecule has 1 atom stereocenters. The molecule has 0 aliphatic heterocycles. The first-order valence-electron chi connectivity index (χ1n) is 8.20. The fraction of sp³-hybridized carbons (Fsp3) is 0.300. The molecule has 6 heteroatoms. The number of amides is 1. The van der Waals surface area contributed by atoms with Gasteiger partial charge in [0.15, 0.2) is 0 Å². The van der Waals surface area contributed by atoms with E-state index in [0.29, 0.717) is 17.1 Å². The number of carbonyl (C=O) groups excluding carboxylic acids is 2. The third-order valence-corrected chi connectivity index (χ3v) is 4.26. The fourth-order valence-electron chi connectivity index (χ4n) is 2.55. The van der Waals surface area contributed by atoms with Gasteiger partial charge in [-0.3, -0.25) is 9.59 Å². The molecule has 0 bridgehead atoms. The second kappa shape index (κ2) is 9.25. The van der Waals surface area contributed by atoms with Crippen LogP contribution in [0.3, 0.4) is 0 Å². The third kappa shape index (κ3) is 5.23. The second-order valence-electron chi connectivity index (χ2n) is 5.96. The lowest BCUT2D eigenvalue weighted by molar-refractivity contribution is -0.145. The number of esters is 1. The molecule has 5 nitrogen and oxygen atoms in total. The van der Waals surface area contributed by atoms with Gasteiger partial charge in [0.05, 0.1) is 20.1 Å². The van der Waals surface area contributed by atoms with E-state index < -0.39 is 5.92 Å². The minimum absolute atomic E-state index is 0.173. The Morgan fingerprint density at radius 2 is 1.65 bits per heavy atom. The third-order valence-electron chi connectivity index (χ3n) is 4.01. The molecular weight excluding hydrogens is 354 g/mol. The zero-order valence-corrected chi connectivity index (χ0v) is 15.8. The molecule has 0 aromatic heterocycles. The number of methoxy groups -OCH3 is 2. The lowest BCUT2D eigenvalue weighted by Crippen LogP contribution is -2.36. The smallest absolute Gasteiger partial charge is 0.310 e. The molecule has 0 aliphatic carbocycles. The summed E-state index contributed by atoms with van der Waals surface area (Å²) in [7, 11) is 2.94. The van der Waals surface area contributed by atoms with Gasteiger partial charge in [-0.15, -0.1) is 0 Å². The SMILES string of the molecule is COC(=O)C(C)CN(Cc1ccc(OC)cc1)C(=O)c1ccc(Cl)cc1. The molecule has 0 heterocycles. The molecule has 0 spiro atoms. The van der Waals surface area contributed by atoms with E-state index in [1.54, 1.807) is 43.2 Å². The van der Waals surface area contributed by atoms with E-state index >= 15 is 0 Å². The van der Waals surface area contributed by atoms with Crippen LogP contribution in [-0.4, -0.2) is 37.5 Å². The Labute approximate surface area is 158 Å². The van der Waals surface area contributed by atoms with E-state index in [0.717, 1.165) is 11.3 Å². The number of benzene rings is 2. The molecule has 1 unspecified atom stereocenters. The van der Waals surface area contributed by atoms with Crippen LogP contribution < -0.4 is 4.74 Å². The van der Waals surface area contributed by atoms with Crippen molar-refractivity contribution in [1.29, 1.82) is 0 Å². The largest absolute Gasteiger partial charge is 0.497 e. The molecule has 0 fully saturated rings. The molecule has 0 N–H and O–H groups in total. The summed E-state index contributed by atoms with van der Waals surface area (Å²) in [5, 5.41) is 0.561. The van der Waals surface area contributed by atoms with Gasteiger partial charge in [-0.2, -0.15) is 0 Å². The molecule has 2 aromatic rings. The molecule has 26 heavy (non-hydrogen) atoms. The number of nitrogens with zero attached hydrogens (tertiary/aromatic N) is 1. The summed E-state index contributed by atoms with van der Waals surface area (Å²) >= 11 is 5.90. The molecule has 2 rings (SSSR count). The minimum atomic E-state index is -0.436. The Morgan fingerprint density at radius 3 is 2.19 bits per heavy atom. The maximum atomic E-state index is 12.9. The maximum Gasteiger partial charge on any atom is 0.310 e. The molecular formula is C20H22ClNO4. The van der Waals surface area contributed by atoms with E-state index in [9.17, 15) is 9.59 Å². The van der Waals surface area contributed by atoms with Crippen molar-refractivity contribution in [1.82, 2.24) is 4.90 Å². The molecule has 0 aliphatic rings. The van der Waals surface area contributed by atoms with Crippen molar-refractivity contribution in [3.63, 3.8) is 0 Å². The summed E-state index contributed by atoms with van der Waals surface area (Å²) in [5.41, 5.74) is 1.45. The number of hydrogen-bond acceptors (Lipinski definition) is 4. The first-order valence-corrected chi connectivity index (χ1v) is 8.58. The number of ether oxygens (including phenoxy) is 2. The van der Waals surface area contributed by atoms with Gasteiger partial charge < -0.3 is 14.4 Å². The van der Waals surface area contributed by atoms with Crippen molar-refractivity contribution in [3.05, 3.63) is 64.7 Å². The van der Waals surface area contributed by atoms with Crippen LogP contribution in [0.15, 0.2) is 48.5 Å². The van der Waals surface area contributed by atoms with Crippen LogP contribution in [0.25, 0.3) is 0 Å². The Kier molecular flexibility index (Phi) is 7.04. The van der Waals surface area contributed by atoms with Crippen LogP contribution in [0.4, 0.5) is 0 Å². The zero-order chi connectivity index (χ0) is 19.1. The highest BCUT2D eigenvalue weighted by atomic mass is 35.5. The lowest BCUT2D eigenvalue weighted by Gasteiger charge is -2.25. The molecule has 138 valence electrons. The van der Waals surface area contributed by atoms with E-state index in [-0.39, 0.29) is 18.4 Å². The van der Waals surface area contributed by atoms with Crippen molar-refractivity contribution >= 4 is 23.5 Å². The van der Waals surface area contributed by atoms with Crippen molar-refractivity contribution in [2.24, 2.45) is 5.92 Å². The summed E-state index contributed by atoms with van der Waals surface area (Å²) < 4.78 is 9.94. The van der Waals surface area contributed by atoms with Crippen LogP contribution in [-0.2, 0) is 16.1 Å². The quantitative estimate of drug-likeness (QED) is 0.691. The Balaban J connectivity index is 2.23. The van der Waals surface area contributed by atoms with E-state index in [1.165, 1.54) is 7.11 Å². The standard InChI is InChI=1S/C20H22ClNO4/c1-14(20(24)26-3)12-22(13-15-4-10-18(25-2)11-5-15)19(23)16-6-8-17(21)9-7-16/h4-11,14H,12-13H2,1-3H3. The van der Waals surface area contributed by atoms with E-state index in [4.69, 9.17) is 21.1 Å². The molecule has 0 saturated carbocycles. The monoisotopic (exact) mass is 375 g/mol. The highest BCUT2D eigenvalue weighted by molar-refractivity contribution is 6.30. The number of carbonyl (C=O) groups is 2. The number of rotatable bonds is 7. The predicted molar refractivity (Wildman–Crippen MR) is 100 cm³/mol. The highest BCUT2D eigenvalue weighted by Crippen LogP contribution is 2.17. The molecule has 0 radical (unpaired) electrons. The van der Waals surface area contributed by atoms with Crippen LogP contribution >= 0.6 is 11.6 Å². The first kappa shape index (κ1) is 19.8. The van der Waals surface area contributed by atoms with Gasteiger partial charge in [-0.05, 0) is 42.0 Å². The summed E-state index contributed by atoms with van der Waals surface area (Å²) in [6.07, 6.45) is 0. The average Bonchev–Trinajstić information content (AvgIpc) is 2.67. The van der Waals surface area contributed by atoms with E-state index in [1.807, 2.05) is 24.3 Å². The van der Waals surface area contributed by atoms with Crippen LogP contribution in [0.5, 0.6) is 5.75 Å². The minimum Gasteiger partial charge on any atom is -0.497 e. The van der Waals surface area contributed by atoms with Gasteiger partial charge in [0.2, 0.25) is 0 Å². The average molecular weight is 376 g/mol. The van der Waals surface area contributed by atoms with Crippen molar-refractivity contribution in [3.8, 4) is 5.75 Å². The van der Waals surface area contributed by atoms with Crippen LogP contribution in [0, 0.1) is 5.92 Å². The Bertz CT molecular complexity index is 743. The number of hydrogen-bond donors (Lipinski definition) is 0. The van der Waals surface area contributed by atoms with Crippen molar-refractivity contribution < 1.29 is 19.1 Å². The van der Waals surface area contributed by atoms with Crippen molar-refractivity contribution in [2.45, 2.75) is 13.5 Å². The van der Waals surface area contributed by atoms with Gasteiger partial charge in [0.1, 0.15) is 5.75 Å². The Hall–Kier alpha value is -2.53. The first-order chi connectivity index (χ1) is 12.4. The lowest BCUT2D eigenvalue weighted by atomic mass is 10.1. The van der Waals surface area contributed by atoms with Gasteiger partial charge in [-0.1, -0.05) is 30.7 Å². The van der Waals surface area contributed by atoms with Crippen LogP contribution in [0.2, 0.25) is 5.02 Å². The fourth-order valence-corrected chi connectivity index (χ4v) is 2.68. The number of halogens is 1. The highest BCUT2D eigenvalue weighted by Gasteiger charge is 2.23. The molecule has 0 saturated heterocycles. The normalized spacial score (nSPS) is 11.5. The molecule has 1 amide bonds. The second-order valence-corrected chi connectivity index (χ2v) is 6.40. The van der Waals surface area contributed by atoms with Gasteiger partial charge >= 0.3 is 5.97 Å². The summed E-state index contributed by atoms with van der Waals surface area (Å²) in [4.78, 5) is 26.4. The van der Waals surface area contributed by atoms with Crippen LogP contribution in [0.1, 0.15) is 22.8 Å². The topological polar surface area (TPSA) is 55.8 Å². The van der Waals surface area contributed by atoms with Gasteiger partial charge in [0, 0.05) is 23.7 Å². The van der Waals surface area contributed by atoms with E-state index in [2.05, 4.69) is 0 Å². The Morgan fingerprint density at radius 1 is 1.04 bits per heavy atom. The van der Waals surface area contributed by atoms with Gasteiger partial charge in [-0.25, -0.2) is 0 Å². The molecule has 2 aromatic carbocycles. The summed E-state index contributed by atoms with van der Waals surface area (Å²) in [6.45, 7) is 2.36. The van der Waals surface area contributed by atoms with Crippen molar-refractivity contribution in [2.75, 3.05) is 20.8 Å². The summed E-state index contributed by atoms with van der Waals surface area (Å²) in [6, 6.07) is 14.2. The predicted octanol–water partition coefficient (Wildman–Crippen LogP) is 3.80. The maximum absolute atomic E-state index is 12.9. The summed E-state index contributed by atoms with van der Waals surface area (Å²) in [5.74, 6) is -0.219. The van der Waals surface area contributed by atoms with Gasteiger partial charge in [0.25, 0.3) is 5.91 Å². The zero-order valence-electron chi connectivity index (χ0n) is 15.1.